The van der Waals surface area contributed by atoms with Gasteiger partial charge in [-0.2, -0.15) is 0 Å². The highest BCUT2D eigenvalue weighted by molar-refractivity contribution is 5.88. The molecule has 3 aromatic carbocycles. The average Bonchev–Trinajstić information content (AvgIpc) is 3.28. The number of furan rings is 1. The number of rotatable bonds is 7. The maximum absolute atomic E-state index is 13.3. The number of fused-ring (bicyclic) bond motifs is 2. The fourth-order valence-corrected chi connectivity index (χ4v) is 5.29. The number of carbonyl (C=O) groups excluding carboxylic acids is 2. The molecule has 186 valence electrons. The molecule has 1 aliphatic rings. The van der Waals surface area contributed by atoms with E-state index in [0.717, 1.165) is 35.3 Å². The summed E-state index contributed by atoms with van der Waals surface area (Å²) in [6.45, 7) is 4.56. The van der Waals surface area contributed by atoms with Crippen molar-refractivity contribution in [3.8, 4) is 0 Å². The summed E-state index contributed by atoms with van der Waals surface area (Å²) in [7, 11) is 1.64. The average molecular weight is 484 g/mol. The molecule has 6 heteroatoms. The highest BCUT2D eigenvalue weighted by Gasteiger charge is 2.35. The number of nitrogens with one attached hydrogen (secondary N) is 1. The smallest absolute Gasteiger partial charge is 0.243 e. The third kappa shape index (κ3) is 4.86. The number of aryl methyl sites for hydroxylation is 2. The van der Waals surface area contributed by atoms with Crippen LogP contribution in [0.3, 0.4) is 0 Å². The fourth-order valence-electron chi connectivity index (χ4n) is 5.29. The molecule has 1 N–H and O–H groups in total. The minimum absolute atomic E-state index is 0.0272. The first-order chi connectivity index (χ1) is 17.6. The van der Waals surface area contributed by atoms with Gasteiger partial charge in [0.05, 0.1) is 0 Å². The number of hydrogen-bond donors (Lipinski definition) is 1. The Hall–Kier alpha value is -3.64. The van der Waals surface area contributed by atoms with Gasteiger partial charge in [-0.1, -0.05) is 67.6 Å². The summed E-state index contributed by atoms with van der Waals surface area (Å²) >= 11 is 0. The summed E-state index contributed by atoms with van der Waals surface area (Å²) in [5.41, 5.74) is 3.21. The van der Waals surface area contributed by atoms with Crippen LogP contribution in [-0.2, 0) is 29.0 Å². The maximum Gasteiger partial charge on any atom is 0.243 e. The molecule has 1 saturated heterocycles. The highest BCUT2D eigenvalue weighted by Crippen LogP contribution is 2.28. The number of likely N-dealkylation sites (N-methyl/N-ethyl adjacent to an activating group) is 1. The molecule has 0 saturated carbocycles. The summed E-state index contributed by atoms with van der Waals surface area (Å²) in [6.07, 6.45) is 1.86. The number of hydrogen-bond acceptors (Lipinski definition) is 4. The van der Waals surface area contributed by atoms with Crippen LogP contribution in [0.4, 0.5) is 0 Å². The Bertz CT molecular complexity index is 1390. The van der Waals surface area contributed by atoms with E-state index in [0.29, 0.717) is 32.5 Å². The van der Waals surface area contributed by atoms with Crippen molar-refractivity contribution < 1.29 is 14.0 Å². The van der Waals surface area contributed by atoms with E-state index < -0.39 is 6.04 Å². The molecule has 1 unspecified atom stereocenters. The summed E-state index contributed by atoms with van der Waals surface area (Å²) < 4.78 is 6.07. The Morgan fingerprint density at radius 2 is 1.78 bits per heavy atom. The van der Waals surface area contributed by atoms with E-state index in [4.69, 9.17) is 4.42 Å². The molecular weight excluding hydrogens is 450 g/mol. The number of benzene rings is 3. The van der Waals surface area contributed by atoms with Crippen molar-refractivity contribution in [2.24, 2.45) is 0 Å². The van der Waals surface area contributed by atoms with E-state index in [1.807, 2.05) is 30.3 Å². The summed E-state index contributed by atoms with van der Waals surface area (Å²) in [4.78, 5) is 30.1. The lowest BCUT2D eigenvalue weighted by Gasteiger charge is -2.40. The van der Waals surface area contributed by atoms with Gasteiger partial charge in [0, 0.05) is 57.0 Å². The van der Waals surface area contributed by atoms with E-state index in [1.54, 1.807) is 11.9 Å². The van der Waals surface area contributed by atoms with Crippen LogP contribution >= 0.6 is 0 Å². The van der Waals surface area contributed by atoms with Crippen molar-refractivity contribution >= 4 is 33.6 Å². The Labute approximate surface area is 211 Å². The summed E-state index contributed by atoms with van der Waals surface area (Å²) in [6, 6.07) is 22.2. The fraction of sp³-hybridized carbons (Fsp3) is 0.333. The van der Waals surface area contributed by atoms with Crippen LogP contribution in [-0.4, -0.2) is 54.3 Å². The normalized spacial score (nSPS) is 16.5. The zero-order chi connectivity index (χ0) is 25.1. The van der Waals surface area contributed by atoms with Gasteiger partial charge in [-0.25, -0.2) is 0 Å². The largest absolute Gasteiger partial charge is 0.461 e. The molecule has 1 atom stereocenters. The van der Waals surface area contributed by atoms with E-state index in [-0.39, 0.29) is 11.8 Å². The number of nitrogens with zero attached hydrogens (tertiary/aromatic N) is 2. The molecule has 0 aliphatic carbocycles. The second-order valence-electron chi connectivity index (χ2n) is 9.49. The minimum Gasteiger partial charge on any atom is -0.461 e. The van der Waals surface area contributed by atoms with Gasteiger partial charge in [0.15, 0.2) is 0 Å². The van der Waals surface area contributed by atoms with Gasteiger partial charge in [-0.05, 0) is 28.8 Å². The predicted molar refractivity (Wildman–Crippen MR) is 143 cm³/mol. The van der Waals surface area contributed by atoms with Crippen LogP contribution in [0.15, 0.2) is 71.1 Å². The van der Waals surface area contributed by atoms with Crippen molar-refractivity contribution in [2.75, 3.05) is 26.7 Å². The van der Waals surface area contributed by atoms with Gasteiger partial charge in [0.1, 0.15) is 17.4 Å². The zero-order valence-corrected chi connectivity index (χ0v) is 21.0. The molecule has 1 aromatic heterocycles. The molecular formula is C30H33N3O3. The van der Waals surface area contributed by atoms with Gasteiger partial charge in [-0.3, -0.25) is 14.5 Å². The van der Waals surface area contributed by atoms with Gasteiger partial charge >= 0.3 is 0 Å². The molecule has 36 heavy (non-hydrogen) atoms. The summed E-state index contributed by atoms with van der Waals surface area (Å²) in [5, 5.41) is 6.26. The Kier molecular flexibility index (Phi) is 7.05. The number of carbonyl (C=O) groups is 2. The summed E-state index contributed by atoms with van der Waals surface area (Å²) in [5.74, 6) is 0.896. The first-order valence-corrected chi connectivity index (χ1v) is 12.8. The Balaban J connectivity index is 1.28. The number of piperazine rings is 1. The molecule has 6 nitrogen and oxygen atoms in total. The van der Waals surface area contributed by atoms with Gasteiger partial charge in [0.25, 0.3) is 0 Å². The van der Waals surface area contributed by atoms with Crippen molar-refractivity contribution in [1.29, 1.82) is 0 Å². The van der Waals surface area contributed by atoms with Gasteiger partial charge < -0.3 is 14.6 Å². The zero-order valence-electron chi connectivity index (χ0n) is 21.0. The monoisotopic (exact) mass is 483 g/mol. The van der Waals surface area contributed by atoms with E-state index >= 15 is 0 Å². The van der Waals surface area contributed by atoms with Crippen molar-refractivity contribution in [1.82, 2.24) is 15.1 Å². The van der Waals surface area contributed by atoms with Crippen molar-refractivity contribution in [3.05, 3.63) is 83.6 Å². The third-order valence-electron chi connectivity index (χ3n) is 7.26. The minimum atomic E-state index is -0.504. The first kappa shape index (κ1) is 24.1. The quantitative estimate of drug-likeness (QED) is 0.419. The molecule has 2 amide bonds. The molecule has 1 fully saturated rings. The molecule has 0 bridgehead atoms. The van der Waals surface area contributed by atoms with Crippen LogP contribution in [0.1, 0.15) is 30.2 Å². The standard InChI is InChI=1S/C30H33N3O3/c1-3-27-25(24-10-6-7-11-28(24)36-27)19-32-16-17-33(26(20-32)30(35)31-2)29(34)15-13-21-12-14-22-8-4-5-9-23(22)18-21/h4-12,14,18,26H,3,13,15-17,19-20H2,1-2H3,(H,31,35). The Morgan fingerprint density at radius 3 is 2.58 bits per heavy atom. The topological polar surface area (TPSA) is 65.8 Å². The highest BCUT2D eigenvalue weighted by atomic mass is 16.3. The number of para-hydroxylation sites is 1. The lowest BCUT2D eigenvalue weighted by atomic mass is 10.0. The van der Waals surface area contributed by atoms with Gasteiger partial charge in [-0.15, -0.1) is 0 Å². The lowest BCUT2D eigenvalue weighted by Crippen LogP contribution is -2.60. The lowest BCUT2D eigenvalue weighted by molar-refractivity contribution is -0.144. The van der Waals surface area contributed by atoms with E-state index in [2.05, 4.69) is 53.5 Å². The molecule has 2 heterocycles. The van der Waals surface area contributed by atoms with Crippen LogP contribution in [0.2, 0.25) is 0 Å². The van der Waals surface area contributed by atoms with Crippen LogP contribution in [0.5, 0.6) is 0 Å². The second kappa shape index (κ2) is 10.5. The molecule has 4 aromatic rings. The third-order valence-corrected chi connectivity index (χ3v) is 7.26. The van der Waals surface area contributed by atoms with Crippen LogP contribution < -0.4 is 5.32 Å². The molecule has 0 radical (unpaired) electrons. The van der Waals surface area contributed by atoms with E-state index in [9.17, 15) is 9.59 Å². The van der Waals surface area contributed by atoms with Crippen LogP contribution in [0, 0.1) is 0 Å². The van der Waals surface area contributed by atoms with Crippen molar-refractivity contribution in [3.63, 3.8) is 0 Å². The van der Waals surface area contributed by atoms with E-state index in [1.165, 1.54) is 16.3 Å². The molecule has 1 aliphatic heterocycles. The molecule has 0 spiro atoms. The van der Waals surface area contributed by atoms with Gasteiger partial charge in [0.2, 0.25) is 11.8 Å². The Morgan fingerprint density at radius 1 is 1.00 bits per heavy atom. The number of amides is 2. The molecule has 5 rings (SSSR count). The van der Waals surface area contributed by atoms with Crippen molar-refractivity contribution in [2.45, 2.75) is 38.8 Å². The SMILES string of the molecule is CCc1oc2ccccc2c1CN1CCN(C(=O)CCc2ccc3ccccc3c2)C(C(=O)NC)C1. The van der Waals surface area contributed by atoms with Crippen LogP contribution in [0.25, 0.3) is 21.7 Å². The predicted octanol–water partition coefficient (Wildman–Crippen LogP) is 4.54. The first-order valence-electron chi connectivity index (χ1n) is 12.8. The second-order valence-corrected chi connectivity index (χ2v) is 9.49. The maximum atomic E-state index is 13.3.